The molecule has 1 aromatic heterocycles. The first-order valence-electron chi connectivity index (χ1n) is 8.04. The van der Waals surface area contributed by atoms with E-state index in [4.69, 9.17) is 4.74 Å². The van der Waals surface area contributed by atoms with Gasteiger partial charge in [0.1, 0.15) is 23.9 Å². The van der Waals surface area contributed by atoms with Gasteiger partial charge in [0.25, 0.3) is 5.91 Å². The highest BCUT2D eigenvalue weighted by Crippen LogP contribution is 2.18. The lowest BCUT2D eigenvalue weighted by atomic mass is 10.1. The first-order valence-corrected chi connectivity index (χ1v) is 8.77. The van der Waals surface area contributed by atoms with Gasteiger partial charge in [-0.15, -0.1) is 0 Å². The Hall–Kier alpha value is -2.80. The molecule has 0 unspecified atom stereocenters. The number of ether oxygens (including phenoxy) is 1. The third-order valence-electron chi connectivity index (χ3n) is 3.92. The maximum absolute atomic E-state index is 13.8. The minimum absolute atomic E-state index is 0.195. The van der Waals surface area contributed by atoms with E-state index < -0.39 is 0 Å². The molecule has 0 spiro atoms. The Morgan fingerprint density at radius 2 is 2.00 bits per heavy atom. The molecule has 7 heteroatoms. The number of hydrogen-bond acceptors (Lipinski definition) is 5. The van der Waals surface area contributed by atoms with E-state index in [9.17, 15) is 9.18 Å². The van der Waals surface area contributed by atoms with Crippen LogP contribution in [-0.2, 0) is 13.2 Å². The van der Waals surface area contributed by atoms with Crippen molar-refractivity contribution >= 4 is 17.6 Å². The number of aryl methyl sites for hydroxylation is 1. The maximum Gasteiger partial charge on any atom is 0.254 e. The number of carbonyl (C=O) groups is 1. The molecule has 134 valence electrons. The SMILES string of the molecule is Cc1nsnc1COc1cccc(C(=O)N(C)Cc2ccccc2F)c1. The number of hydrogen-bond donors (Lipinski definition) is 0. The maximum atomic E-state index is 13.8. The predicted molar refractivity (Wildman–Crippen MR) is 97.6 cm³/mol. The molecular weight excluding hydrogens is 353 g/mol. The van der Waals surface area contributed by atoms with Gasteiger partial charge in [0.05, 0.1) is 17.4 Å². The molecule has 0 aliphatic heterocycles. The lowest BCUT2D eigenvalue weighted by Gasteiger charge is -2.18. The van der Waals surface area contributed by atoms with Gasteiger partial charge in [0.15, 0.2) is 0 Å². The Bertz CT molecular complexity index is 913. The van der Waals surface area contributed by atoms with Gasteiger partial charge in [-0.05, 0) is 31.2 Å². The van der Waals surface area contributed by atoms with Gasteiger partial charge in [0.2, 0.25) is 0 Å². The fraction of sp³-hybridized carbons (Fsp3) is 0.211. The van der Waals surface area contributed by atoms with Crippen molar-refractivity contribution in [3.63, 3.8) is 0 Å². The normalized spacial score (nSPS) is 10.6. The van der Waals surface area contributed by atoms with Gasteiger partial charge in [-0.3, -0.25) is 4.79 Å². The van der Waals surface area contributed by atoms with Crippen LogP contribution in [0.15, 0.2) is 48.5 Å². The average Bonchev–Trinajstić information content (AvgIpc) is 3.06. The van der Waals surface area contributed by atoms with Crippen LogP contribution < -0.4 is 4.74 Å². The highest BCUT2D eigenvalue weighted by molar-refractivity contribution is 6.99. The largest absolute Gasteiger partial charge is 0.487 e. The van der Waals surface area contributed by atoms with Crippen LogP contribution in [0.2, 0.25) is 0 Å². The molecule has 0 aliphatic rings. The lowest BCUT2D eigenvalue weighted by Crippen LogP contribution is -2.26. The molecule has 3 aromatic rings. The fourth-order valence-electron chi connectivity index (χ4n) is 2.43. The quantitative estimate of drug-likeness (QED) is 0.661. The summed E-state index contributed by atoms with van der Waals surface area (Å²) in [6.07, 6.45) is 0. The van der Waals surface area contributed by atoms with Crippen LogP contribution in [0.5, 0.6) is 5.75 Å². The Morgan fingerprint density at radius 1 is 1.19 bits per heavy atom. The first kappa shape index (κ1) is 18.0. The van der Waals surface area contributed by atoms with E-state index in [1.165, 1.54) is 11.0 Å². The molecule has 0 N–H and O–H groups in total. The highest BCUT2D eigenvalue weighted by Gasteiger charge is 2.14. The van der Waals surface area contributed by atoms with Gasteiger partial charge in [0, 0.05) is 24.7 Å². The number of carbonyl (C=O) groups excluding carboxylic acids is 1. The Balaban J connectivity index is 1.67. The van der Waals surface area contributed by atoms with E-state index in [0.717, 1.165) is 23.1 Å². The van der Waals surface area contributed by atoms with Crippen LogP contribution in [0.4, 0.5) is 4.39 Å². The number of nitrogens with zero attached hydrogens (tertiary/aromatic N) is 3. The molecule has 1 heterocycles. The second-order valence-corrected chi connectivity index (χ2v) is 6.39. The molecule has 0 fully saturated rings. The molecule has 26 heavy (non-hydrogen) atoms. The molecule has 0 bridgehead atoms. The Morgan fingerprint density at radius 3 is 2.73 bits per heavy atom. The van der Waals surface area contributed by atoms with Gasteiger partial charge < -0.3 is 9.64 Å². The topological polar surface area (TPSA) is 55.3 Å². The zero-order valence-electron chi connectivity index (χ0n) is 14.5. The van der Waals surface area contributed by atoms with Gasteiger partial charge in [-0.2, -0.15) is 8.75 Å². The summed E-state index contributed by atoms with van der Waals surface area (Å²) in [5.41, 5.74) is 2.58. The summed E-state index contributed by atoms with van der Waals surface area (Å²) in [6.45, 7) is 2.37. The summed E-state index contributed by atoms with van der Waals surface area (Å²) >= 11 is 1.14. The van der Waals surface area contributed by atoms with Crippen molar-refractivity contribution in [1.82, 2.24) is 13.6 Å². The molecule has 0 saturated carbocycles. The molecule has 2 aromatic carbocycles. The summed E-state index contributed by atoms with van der Waals surface area (Å²) in [4.78, 5) is 14.1. The second-order valence-electron chi connectivity index (χ2n) is 5.87. The number of rotatable bonds is 6. The first-order chi connectivity index (χ1) is 12.5. The molecule has 5 nitrogen and oxygen atoms in total. The summed E-state index contributed by atoms with van der Waals surface area (Å²) in [6, 6.07) is 13.4. The van der Waals surface area contributed by atoms with Crippen molar-refractivity contribution < 1.29 is 13.9 Å². The molecule has 0 saturated heterocycles. The standard InChI is InChI=1S/C19H18FN3O2S/c1-13-18(22-26-21-13)12-25-16-8-5-7-14(10-16)19(24)23(2)11-15-6-3-4-9-17(15)20/h3-10H,11-12H2,1-2H3. The number of amides is 1. The average molecular weight is 371 g/mol. The van der Waals surface area contributed by atoms with Crippen molar-refractivity contribution in [3.8, 4) is 5.75 Å². The van der Waals surface area contributed by atoms with Crippen LogP contribution in [0.3, 0.4) is 0 Å². The lowest BCUT2D eigenvalue weighted by molar-refractivity contribution is 0.0783. The molecule has 1 amide bonds. The molecule has 3 rings (SSSR count). The van der Waals surface area contributed by atoms with Gasteiger partial charge in [-0.25, -0.2) is 4.39 Å². The van der Waals surface area contributed by atoms with E-state index in [-0.39, 0.29) is 18.3 Å². The van der Waals surface area contributed by atoms with Crippen molar-refractivity contribution in [1.29, 1.82) is 0 Å². The van der Waals surface area contributed by atoms with Crippen molar-refractivity contribution in [3.05, 3.63) is 76.9 Å². The van der Waals surface area contributed by atoms with Crippen molar-refractivity contribution in [2.24, 2.45) is 0 Å². The number of halogens is 1. The molecule has 0 aliphatic carbocycles. The molecule has 0 atom stereocenters. The van der Waals surface area contributed by atoms with Gasteiger partial charge >= 0.3 is 0 Å². The van der Waals surface area contributed by atoms with E-state index in [1.54, 1.807) is 49.5 Å². The van der Waals surface area contributed by atoms with Crippen LogP contribution in [-0.4, -0.2) is 26.6 Å². The van der Waals surface area contributed by atoms with E-state index in [1.807, 2.05) is 6.92 Å². The summed E-state index contributed by atoms with van der Waals surface area (Å²) < 4.78 is 27.8. The summed E-state index contributed by atoms with van der Waals surface area (Å²) in [7, 11) is 1.65. The third-order valence-corrected chi connectivity index (χ3v) is 4.57. The second kappa shape index (κ2) is 8.05. The summed E-state index contributed by atoms with van der Waals surface area (Å²) in [5.74, 6) is 0.0456. The minimum atomic E-state index is -0.323. The van der Waals surface area contributed by atoms with Crippen LogP contribution in [0, 0.1) is 12.7 Å². The van der Waals surface area contributed by atoms with Crippen molar-refractivity contribution in [2.75, 3.05) is 7.05 Å². The Labute approximate surface area is 155 Å². The molecule has 0 radical (unpaired) electrons. The smallest absolute Gasteiger partial charge is 0.254 e. The predicted octanol–water partition coefficient (Wildman–Crippen LogP) is 3.84. The highest BCUT2D eigenvalue weighted by atomic mass is 32.1. The van der Waals surface area contributed by atoms with Crippen LogP contribution in [0.25, 0.3) is 0 Å². The van der Waals surface area contributed by atoms with Crippen LogP contribution in [0.1, 0.15) is 27.3 Å². The Kier molecular flexibility index (Phi) is 5.58. The molecular formula is C19H18FN3O2S. The zero-order valence-corrected chi connectivity index (χ0v) is 15.3. The summed E-state index contributed by atoms with van der Waals surface area (Å²) in [5, 5.41) is 0. The number of aromatic nitrogens is 2. The zero-order chi connectivity index (χ0) is 18.5. The third kappa shape index (κ3) is 4.23. The van der Waals surface area contributed by atoms with Crippen LogP contribution >= 0.6 is 11.7 Å². The fourth-order valence-corrected chi connectivity index (χ4v) is 2.98. The number of benzene rings is 2. The van der Waals surface area contributed by atoms with E-state index in [2.05, 4.69) is 8.75 Å². The van der Waals surface area contributed by atoms with E-state index >= 15 is 0 Å². The minimum Gasteiger partial charge on any atom is -0.487 e. The van der Waals surface area contributed by atoms with Crippen molar-refractivity contribution in [2.45, 2.75) is 20.1 Å². The van der Waals surface area contributed by atoms with Gasteiger partial charge in [-0.1, -0.05) is 24.3 Å². The van der Waals surface area contributed by atoms with E-state index in [0.29, 0.717) is 23.5 Å². The monoisotopic (exact) mass is 371 g/mol.